The summed E-state index contributed by atoms with van der Waals surface area (Å²) in [6.07, 6.45) is 2.95. The van der Waals surface area contributed by atoms with Crippen LogP contribution in [-0.2, 0) is 10.0 Å². The van der Waals surface area contributed by atoms with Crippen LogP contribution in [0.25, 0.3) is 0 Å². The molecule has 0 saturated carbocycles. The van der Waals surface area contributed by atoms with Crippen molar-refractivity contribution in [2.24, 2.45) is 17.0 Å². The summed E-state index contributed by atoms with van der Waals surface area (Å²) >= 11 is 0. The molecule has 0 amide bonds. The van der Waals surface area contributed by atoms with Crippen molar-refractivity contribution in [2.45, 2.75) is 38.9 Å². The maximum absolute atomic E-state index is 11.3. The zero-order valence-corrected chi connectivity index (χ0v) is 10.0. The maximum atomic E-state index is 11.3. The smallest absolute Gasteiger partial charge is 0.211 e. The van der Waals surface area contributed by atoms with Gasteiger partial charge in [0.2, 0.25) is 10.0 Å². The van der Waals surface area contributed by atoms with Crippen molar-refractivity contribution < 1.29 is 8.42 Å². The van der Waals surface area contributed by atoms with Crippen LogP contribution in [0.1, 0.15) is 33.6 Å². The van der Waals surface area contributed by atoms with Crippen LogP contribution in [0, 0.1) is 11.8 Å². The molecule has 0 saturated heterocycles. The van der Waals surface area contributed by atoms with Gasteiger partial charge in [0.05, 0.1) is 5.25 Å². The minimum absolute atomic E-state index is 0.192. The van der Waals surface area contributed by atoms with Gasteiger partial charge in [-0.3, -0.25) is 0 Å². The Hall–Kier alpha value is -0.350. The van der Waals surface area contributed by atoms with Gasteiger partial charge in [-0.15, -0.1) is 6.58 Å². The van der Waals surface area contributed by atoms with E-state index in [0.29, 0.717) is 18.8 Å². The van der Waals surface area contributed by atoms with Crippen LogP contribution in [-0.4, -0.2) is 13.7 Å². The van der Waals surface area contributed by atoms with Gasteiger partial charge in [0.15, 0.2) is 0 Å². The van der Waals surface area contributed by atoms with E-state index in [4.69, 9.17) is 5.14 Å². The van der Waals surface area contributed by atoms with Crippen LogP contribution in [0.3, 0.4) is 0 Å². The Morgan fingerprint density at radius 1 is 1.29 bits per heavy atom. The first-order valence-electron chi connectivity index (χ1n) is 4.91. The molecule has 0 radical (unpaired) electrons. The fourth-order valence-corrected chi connectivity index (χ4v) is 2.63. The summed E-state index contributed by atoms with van der Waals surface area (Å²) in [5.41, 5.74) is 0. The second kappa shape index (κ2) is 5.51. The molecule has 0 bridgehead atoms. The summed E-state index contributed by atoms with van der Waals surface area (Å²) in [4.78, 5) is 0. The molecule has 0 aromatic heterocycles. The summed E-state index contributed by atoms with van der Waals surface area (Å²) in [5, 5.41) is 4.73. The lowest BCUT2D eigenvalue weighted by Crippen LogP contribution is -2.31. The summed E-state index contributed by atoms with van der Waals surface area (Å²) in [5.74, 6) is 0.535. The molecular weight excluding hydrogens is 198 g/mol. The highest BCUT2D eigenvalue weighted by molar-refractivity contribution is 7.89. The van der Waals surface area contributed by atoms with Crippen LogP contribution >= 0.6 is 0 Å². The Morgan fingerprint density at radius 3 is 2.07 bits per heavy atom. The van der Waals surface area contributed by atoms with E-state index in [0.717, 1.165) is 0 Å². The van der Waals surface area contributed by atoms with Crippen LogP contribution in [0.2, 0.25) is 0 Å². The molecule has 0 aliphatic rings. The summed E-state index contributed by atoms with van der Waals surface area (Å²) < 4.78 is 22.5. The third kappa shape index (κ3) is 5.40. The van der Waals surface area contributed by atoms with Gasteiger partial charge in [0, 0.05) is 0 Å². The Labute approximate surface area is 87.4 Å². The number of hydrogen-bond acceptors (Lipinski definition) is 2. The molecule has 0 aromatic carbocycles. The van der Waals surface area contributed by atoms with E-state index in [-0.39, 0.29) is 5.92 Å². The van der Waals surface area contributed by atoms with Gasteiger partial charge in [-0.25, -0.2) is 13.6 Å². The monoisotopic (exact) mass is 219 g/mol. The fourth-order valence-electron chi connectivity index (χ4n) is 1.40. The number of rotatable bonds is 6. The van der Waals surface area contributed by atoms with Crippen molar-refractivity contribution in [2.75, 3.05) is 0 Å². The lowest BCUT2D eigenvalue weighted by Gasteiger charge is -2.18. The number of primary sulfonamides is 1. The third-order valence-corrected chi connectivity index (χ3v) is 3.55. The highest BCUT2D eigenvalue weighted by Gasteiger charge is 2.23. The van der Waals surface area contributed by atoms with Crippen molar-refractivity contribution in [3.63, 3.8) is 0 Å². The van der Waals surface area contributed by atoms with E-state index >= 15 is 0 Å². The Kier molecular flexibility index (Phi) is 5.37. The zero-order valence-electron chi connectivity index (χ0n) is 9.23. The lowest BCUT2D eigenvalue weighted by atomic mass is 9.99. The minimum Gasteiger partial charge on any atom is -0.228 e. The van der Waals surface area contributed by atoms with Gasteiger partial charge in [-0.2, -0.15) is 0 Å². The summed E-state index contributed by atoms with van der Waals surface area (Å²) in [6, 6.07) is 0. The quantitative estimate of drug-likeness (QED) is 0.694. The second-order valence-corrected chi connectivity index (χ2v) is 6.13. The fraction of sp³-hybridized carbons (Fsp3) is 0.800. The SMILES string of the molecule is C=CC(C)CC(CC(C)C)S(N)(=O)=O. The molecule has 0 fully saturated rings. The average molecular weight is 219 g/mol. The predicted octanol–water partition coefficient (Wildman–Crippen LogP) is 1.90. The van der Waals surface area contributed by atoms with Gasteiger partial charge in [-0.05, 0) is 24.7 Å². The maximum Gasteiger partial charge on any atom is 0.211 e. The molecule has 0 rings (SSSR count). The number of hydrogen-bond donors (Lipinski definition) is 1. The molecule has 0 aliphatic carbocycles. The third-order valence-electron chi connectivity index (χ3n) is 2.24. The molecule has 14 heavy (non-hydrogen) atoms. The molecule has 2 atom stereocenters. The van der Waals surface area contributed by atoms with Gasteiger partial charge in [0.25, 0.3) is 0 Å². The summed E-state index contributed by atoms with van der Waals surface area (Å²) in [7, 11) is -3.41. The molecule has 0 aliphatic heterocycles. The number of allylic oxidation sites excluding steroid dienone is 1. The van der Waals surface area contributed by atoms with Crippen LogP contribution in [0.15, 0.2) is 12.7 Å². The molecule has 84 valence electrons. The first-order valence-corrected chi connectivity index (χ1v) is 6.52. The van der Waals surface area contributed by atoms with Crippen molar-refractivity contribution in [3.8, 4) is 0 Å². The highest BCUT2D eigenvalue weighted by Crippen LogP contribution is 2.19. The van der Waals surface area contributed by atoms with E-state index < -0.39 is 15.3 Å². The topological polar surface area (TPSA) is 60.2 Å². The largest absolute Gasteiger partial charge is 0.228 e. The minimum atomic E-state index is -3.41. The van der Waals surface area contributed by atoms with Crippen LogP contribution < -0.4 is 5.14 Å². The molecule has 0 aromatic rings. The van der Waals surface area contributed by atoms with E-state index in [1.165, 1.54) is 0 Å². The van der Waals surface area contributed by atoms with Crippen LogP contribution in [0.5, 0.6) is 0 Å². The van der Waals surface area contributed by atoms with Crippen molar-refractivity contribution in [1.82, 2.24) is 0 Å². The first-order chi connectivity index (χ1) is 6.27. The number of nitrogens with two attached hydrogens (primary N) is 1. The van der Waals surface area contributed by atoms with Crippen molar-refractivity contribution >= 4 is 10.0 Å². The molecule has 0 spiro atoms. The van der Waals surface area contributed by atoms with Crippen LogP contribution in [0.4, 0.5) is 0 Å². The molecule has 3 nitrogen and oxygen atoms in total. The Balaban J connectivity index is 4.49. The van der Waals surface area contributed by atoms with E-state index in [1.54, 1.807) is 6.08 Å². The van der Waals surface area contributed by atoms with Gasteiger partial charge in [0.1, 0.15) is 0 Å². The Bertz CT molecular complexity index is 270. The molecule has 0 heterocycles. The molecule has 4 heteroatoms. The van der Waals surface area contributed by atoms with Gasteiger partial charge >= 0.3 is 0 Å². The second-order valence-electron chi connectivity index (χ2n) is 4.29. The lowest BCUT2D eigenvalue weighted by molar-refractivity contribution is 0.482. The van der Waals surface area contributed by atoms with E-state index in [1.807, 2.05) is 20.8 Å². The first kappa shape index (κ1) is 13.7. The Morgan fingerprint density at radius 2 is 1.79 bits per heavy atom. The number of sulfonamides is 1. The van der Waals surface area contributed by atoms with Crippen molar-refractivity contribution in [3.05, 3.63) is 12.7 Å². The van der Waals surface area contributed by atoms with Crippen molar-refractivity contribution in [1.29, 1.82) is 0 Å². The zero-order chi connectivity index (χ0) is 11.4. The highest BCUT2D eigenvalue weighted by atomic mass is 32.2. The summed E-state index contributed by atoms with van der Waals surface area (Å²) in [6.45, 7) is 9.58. The van der Waals surface area contributed by atoms with E-state index in [2.05, 4.69) is 6.58 Å². The van der Waals surface area contributed by atoms with Gasteiger partial charge < -0.3 is 0 Å². The molecule has 2 unspecified atom stereocenters. The van der Waals surface area contributed by atoms with E-state index in [9.17, 15) is 8.42 Å². The molecular formula is C10H21NO2S. The molecule has 2 N–H and O–H groups in total. The normalized spacial score (nSPS) is 16.6. The standard InChI is InChI=1S/C10H21NO2S/c1-5-9(4)7-10(6-8(2)3)14(11,12)13/h5,8-10H,1,6-7H2,2-4H3,(H2,11,12,13). The van der Waals surface area contributed by atoms with Gasteiger partial charge in [-0.1, -0.05) is 26.8 Å². The predicted molar refractivity (Wildman–Crippen MR) is 60.3 cm³/mol. The average Bonchev–Trinajstić information content (AvgIpc) is 2.00.